The first-order valence-corrected chi connectivity index (χ1v) is 6.78. The summed E-state index contributed by atoms with van der Waals surface area (Å²) < 4.78 is 0.792. The van der Waals surface area contributed by atoms with E-state index in [-0.39, 0.29) is 5.91 Å². The predicted octanol–water partition coefficient (Wildman–Crippen LogP) is 3.02. The average molecular weight is 297 g/mol. The second-order valence-electron chi connectivity index (χ2n) is 4.84. The van der Waals surface area contributed by atoms with Crippen LogP contribution in [0.4, 0.5) is 0 Å². The molecule has 1 aliphatic rings. The van der Waals surface area contributed by atoms with Crippen LogP contribution >= 0.6 is 15.9 Å². The molecule has 1 amide bonds. The number of carbonyl (C=O) groups is 1. The number of halogens is 1. The number of amides is 1. The van der Waals surface area contributed by atoms with Crippen LogP contribution in [0.3, 0.4) is 0 Å². The Morgan fingerprint density at radius 2 is 2.35 bits per heavy atom. The van der Waals surface area contributed by atoms with Gasteiger partial charge < -0.3 is 4.90 Å². The van der Waals surface area contributed by atoms with E-state index < -0.39 is 0 Å². The molecule has 0 bridgehead atoms. The Morgan fingerprint density at radius 1 is 1.59 bits per heavy atom. The molecule has 0 radical (unpaired) electrons. The number of pyridine rings is 1. The molecule has 1 atom stereocenters. The third-order valence-electron chi connectivity index (χ3n) is 3.12. The number of likely N-dealkylation sites (tertiary alicyclic amines) is 1. The van der Waals surface area contributed by atoms with Crippen molar-refractivity contribution in [3.05, 3.63) is 28.0 Å². The molecular weight excluding hydrogens is 280 g/mol. The van der Waals surface area contributed by atoms with Crippen LogP contribution in [0.5, 0.6) is 0 Å². The van der Waals surface area contributed by atoms with Crippen molar-refractivity contribution in [2.75, 3.05) is 13.1 Å². The lowest BCUT2D eigenvalue weighted by atomic mass is 10.00. The van der Waals surface area contributed by atoms with Crippen molar-refractivity contribution in [3.63, 3.8) is 0 Å². The highest BCUT2D eigenvalue weighted by molar-refractivity contribution is 9.10. The lowest BCUT2D eigenvalue weighted by Crippen LogP contribution is -2.39. The van der Waals surface area contributed by atoms with Crippen molar-refractivity contribution in [1.82, 2.24) is 9.88 Å². The summed E-state index contributed by atoms with van der Waals surface area (Å²) in [7, 11) is 0. The van der Waals surface area contributed by atoms with Crippen molar-refractivity contribution < 1.29 is 4.79 Å². The molecule has 1 saturated heterocycles. The molecule has 2 rings (SSSR count). The maximum Gasteiger partial charge on any atom is 0.273 e. The summed E-state index contributed by atoms with van der Waals surface area (Å²) in [6, 6.07) is 1.94. The highest BCUT2D eigenvalue weighted by atomic mass is 79.9. The first-order valence-electron chi connectivity index (χ1n) is 5.99. The van der Waals surface area contributed by atoms with E-state index in [0.717, 1.165) is 29.5 Å². The molecule has 0 spiro atoms. The predicted molar refractivity (Wildman–Crippen MR) is 71.0 cm³/mol. The molecule has 17 heavy (non-hydrogen) atoms. The third kappa shape index (κ3) is 2.86. The number of hydrogen-bond acceptors (Lipinski definition) is 2. The third-order valence-corrected chi connectivity index (χ3v) is 3.73. The van der Waals surface area contributed by atoms with Crippen LogP contribution in [0.1, 0.15) is 35.8 Å². The van der Waals surface area contributed by atoms with Crippen molar-refractivity contribution in [2.24, 2.45) is 5.92 Å². The summed E-state index contributed by atoms with van der Waals surface area (Å²) in [5, 5.41) is 0. The standard InChI is InChI=1S/C13H17BrN2O/c1-9-4-3-5-16(8-9)13(17)12-11(14)6-10(2)7-15-12/h6-7,9H,3-5,8H2,1-2H3. The molecule has 1 fully saturated rings. The van der Waals surface area contributed by atoms with E-state index >= 15 is 0 Å². The first kappa shape index (κ1) is 12.6. The Kier molecular flexibility index (Phi) is 3.82. The molecule has 4 heteroatoms. The van der Waals surface area contributed by atoms with Gasteiger partial charge in [0.1, 0.15) is 5.69 Å². The molecule has 1 aliphatic heterocycles. The summed E-state index contributed by atoms with van der Waals surface area (Å²) in [6.45, 7) is 5.86. The quantitative estimate of drug-likeness (QED) is 0.798. The molecule has 0 N–H and O–H groups in total. The molecule has 92 valence electrons. The number of rotatable bonds is 1. The second-order valence-corrected chi connectivity index (χ2v) is 5.70. The Hall–Kier alpha value is -0.900. The fourth-order valence-corrected chi connectivity index (χ4v) is 2.85. The fourth-order valence-electron chi connectivity index (χ4n) is 2.21. The number of carbonyl (C=O) groups excluding carboxylic acids is 1. The largest absolute Gasteiger partial charge is 0.337 e. The second kappa shape index (κ2) is 5.17. The van der Waals surface area contributed by atoms with Crippen LogP contribution in [0, 0.1) is 12.8 Å². The Balaban J connectivity index is 2.18. The van der Waals surface area contributed by atoms with E-state index in [2.05, 4.69) is 27.8 Å². The summed E-state index contributed by atoms with van der Waals surface area (Å²) in [6.07, 6.45) is 4.05. The minimum absolute atomic E-state index is 0.0448. The van der Waals surface area contributed by atoms with Gasteiger partial charge in [0.25, 0.3) is 5.91 Å². The fraction of sp³-hybridized carbons (Fsp3) is 0.538. The van der Waals surface area contributed by atoms with Crippen LogP contribution in [0.2, 0.25) is 0 Å². The van der Waals surface area contributed by atoms with E-state index in [1.165, 1.54) is 6.42 Å². The molecule has 1 aromatic rings. The number of aromatic nitrogens is 1. The maximum atomic E-state index is 12.3. The zero-order valence-electron chi connectivity index (χ0n) is 10.2. The molecule has 1 aromatic heterocycles. The van der Waals surface area contributed by atoms with Crippen molar-refractivity contribution in [2.45, 2.75) is 26.7 Å². The van der Waals surface area contributed by atoms with Crippen molar-refractivity contribution in [1.29, 1.82) is 0 Å². The SMILES string of the molecule is Cc1cnc(C(=O)N2CCCC(C)C2)c(Br)c1. The number of hydrogen-bond donors (Lipinski definition) is 0. The van der Waals surface area contributed by atoms with E-state index in [1.54, 1.807) is 6.20 Å². The molecule has 2 heterocycles. The van der Waals surface area contributed by atoms with Crippen molar-refractivity contribution in [3.8, 4) is 0 Å². The highest BCUT2D eigenvalue weighted by Gasteiger charge is 2.24. The van der Waals surface area contributed by atoms with Crippen LogP contribution < -0.4 is 0 Å². The Bertz CT molecular complexity index is 433. The minimum Gasteiger partial charge on any atom is -0.337 e. The lowest BCUT2D eigenvalue weighted by Gasteiger charge is -2.30. The van der Waals surface area contributed by atoms with Gasteiger partial charge in [-0.3, -0.25) is 4.79 Å². The molecule has 0 aliphatic carbocycles. The summed E-state index contributed by atoms with van der Waals surface area (Å²) >= 11 is 3.42. The molecule has 0 saturated carbocycles. The van der Waals surface area contributed by atoms with Gasteiger partial charge in [-0.1, -0.05) is 6.92 Å². The zero-order valence-corrected chi connectivity index (χ0v) is 11.8. The lowest BCUT2D eigenvalue weighted by molar-refractivity contribution is 0.0676. The summed E-state index contributed by atoms with van der Waals surface area (Å²) in [4.78, 5) is 18.5. The smallest absolute Gasteiger partial charge is 0.273 e. The van der Waals surface area contributed by atoms with Crippen LogP contribution in [-0.2, 0) is 0 Å². The monoisotopic (exact) mass is 296 g/mol. The zero-order chi connectivity index (χ0) is 12.4. The van der Waals surface area contributed by atoms with Gasteiger partial charge in [-0.2, -0.15) is 0 Å². The number of aryl methyl sites for hydroxylation is 1. The van der Waals surface area contributed by atoms with Gasteiger partial charge in [0.05, 0.1) is 0 Å². The van der Waals surface area contributed by atoms with E-state index in [4.69, 9.17) is 0 Å². The van der Waals surface area contributed by atoms with Crippen molar-refractivity contribution >= 4 is 21.8 Å². The van der Waals surface area contributed by atoms with Gasteiger partial charge in [-0.05, 0) is 53.2 Å². The topological polar surface area (TPSA) is 33.2 Å². The van der Waals surface area contributed by atoms with Gasteiger partial charge in [0.2, 0.25) is 0 Å². The van der Waals surface area contributed by atoms with E-state index in [1.807, 2.05) is 17.9 Å². The molecule has 0 aromatic carbocycles. The molecule has 1 unspecified atom stereocenters. The van der Waals surface area contributed by atoms with Gasteiger partial charge >= 0.3 is 0 Å². The van der Waals surface area contributed by atoms with E-state index in [9.17, 15) is 4.79 Å². The minimum atomic E-state index is 0.0448. The number of piperidine rings is 1. The van der Waals surface area contributed by atoms with Gasteiger partial charge in [0, 0.05) is 23.8 Å². The number of nitrogens with zero attached hydrogens (tertiary/aromatic N) is 2. The Labute approximate surface area is 110 Å². The van der Waals surface area contributed by atoms with Crippen LogP contribution in [-0.4, -0.2) is 28.9 Å². The Morgan fingerprint density at radius 3 is 3.00 bits per heavy atom. The molecule has 3 nitrogen and oxygen atoms in total. The molecular formula is C13H17BrN2O. The van der Waals surface area contributed by atoms with Gasteiger partial charge in [0.15, 0.2) is 0 Å². The normalized spacial score (nSPS) is 20.4. The van der Waals surface area contributed by atoms with E-state index in [0.29, 0.717) is 11.6 Å². The van der Waals surface area contributed by atoms with Gasteiger partial charge in [-0.15, -0.1) is 0 Å². The average Bonchev–Trinajstić information content (AvgIpc) is 2.28. The maximum absolute atomic E-state index is 12.3. The first-order chi connectivity index (χ1) is 8.08. The highest BCUT2D eigenvalue weighted by Crippen LogP contribution is 2.21. The summed E-state index contributed by atoms with van der Waals surface area (Å²) in [5.74, 6) is 0.639. The van der Waals surface area contributed by atoms with Crippen LogP contribution in [0.25, 0.3) is 0 Å². The van der Waals surface area contributed by atoms with Gasteiger partial charge in [-0.25, -0.2) is 4.98 Å². The van der Waals surface area contributed by atoms with Crippen LogP contribution in [0.15, 0.2) is 16.7 Å². The summed E-state index contributed by atoms with van der Waals surface area (Å²) in [5.41, 5.74) is 1.59.